The molecule has 0 aliphatic rings. The summed E-state index contributed by atoms with van der Waals surface area (Å²) in [6, 6.07) is 1.57. The van der Waals surface area contributed by atoms with Crippen molar-refractivity contribution in [2.24, 2.45) is 0 Å². The maximum Gasteiger partial charge on any atom is 0.251 e. The van der Waals surface area contributed by atoms with Gasteiger partial charge in [0.15, 0.2) is 0 Å². The van der Waals surface area contributed by atoms with Crippen LogP contribution in [-0.4, -0.2) is 14.3 Å². The first-order valence-corrected chi connectivity index (χ1v) is 7.47. The second kappa shape index (κ2) is 5.83. The third kappa shape index (κ3) is 2.65. The fraction of sp³-hybridized carbons (Fsp3) is 0.429. The molecule has 0 fully saturated rings. The fourth-order valence-electron chi connectivity index (χ4n) is 2.14. The quantitative estimate of drug-likeness (QED) is 0.930. The van der Waals surface area contributed by atoms with E-state index in [4.69, 9.17) is 5.73 Å². The Hall–Kier alpha value is -1.56. The van der Waals surface area contributed by atoms with Gasteiger partial charge in [0.1, 0.15) is 0 Å². The number of nitrogens with two attached hydrogens (primary N) is 1. The van der Waals surface area contributed by atoms with E-state index in [1.54, 1.807) is 16.8 Å². The maximum atomic E-state index is 12.0. The van der Waals surface area contributed by atoms with Crippen molar-refractivity contribution in [3.05, 3.63) is 44.0 Å². The van der Waals surface area contributed by atoms with Gasteiger partial charge in [-0.1, -0.05) is 6.92 Å². The molecule has 2 aromatic heterocycles. The van der Waals surface area contributed by atoms with Gasteiger partial charge >= 0.3 is 0 Å². The largest absolute Gasteiger partial charge is 0.397 e. The maximum absolute atomic E-state index is 12.0. The molecule has 108 valence electrons. The molecule has 0 aromatic carbocycles. The molecule has 6 heteroatoms. The minimum absolute atomic E-state index is 0.0505. The Bertz CT molecular complexity index is 687. The van der Waals surface area contributed by atoms with Gasteiger partial charge in [0.2, 0.25) is 0 Å². The molecule has 0 amide bonds. The average Bonchev–Trinajstić information content (AvgIpc) is 2.72. The third-order valence-corrected chi connectivity index (χ3v) is 4.30. The number of hydrogen-bond acceptors (Lipinski definition) is 3. The van der Waals surface area contributed by atoms with Crippen molar-refractivity contribution in [3.8, 4) is 0 Å². The zero-order chi connectivity index (χ0) is 14.9. The highest BCUT2D eigenvalue weighted by Crippen LogP contribution is 2.23. The lowest BCUT2D eigenvalue weighted by Crippen LogP contribution is -2.22. The van der Waals surface area contributed by atoms with Crippen LogP contribution in [0.3, 0.4) is 0 Å². The fourth-order valence-corrected chi connectivity index (χ4v) is 2.83. The van der Waals surface area contributed by atoms with Crippen LogP contribution in [0.25, 0.3) is 0 Å². The number of halogens is 1. The van der Waals surface area contributed by atoms with Gasteiger partial charge in [0, 0.05) is 18.8 Å². The predicted molar refractivity (Wildman–Crippen MR) is 83.9 cm³/mol. The monoisotopic (exact) mass is 338 g/mol. The summed E-state index contributed by atoms with van der Waals surface area (Å²) in [5.74, 6) is 0. The smallest absolute Gasteiger partial charge is 0.251 e. The Kier molecular flexibility index (Phi) is 4.32. The van der Waals surface area contributed by atoms with Crippen molar-refractivity contribution in [1.82, 2.24) is 14.3 Å². The SMILES string of the molecule is CCc1nn(CC)c(Cn2cc(N)c(C)cc2=O)c1Br. The van der Waals surface area contributed by atoms with Gasteiger partial charge < -0.3 is 10.3 Å². The summed E-state index contributed by atoms with van der Waals surface area (Å²) in [6.07, 6.45) is 2.55. The number of anilines is 1. The van der Waals surface area contributed by atoms with Crippen molar-refractivity contribution in [3.63, 3.8) is 0 Å². The highest BCUT2D eigenvalue weighted by atomic mass is 79.9. The molecule has 0 atom stereocenters. The van der Waals surface area contributed by atoms with E-state index in [9.17, 15) is 4.79 Å². The van der Waals surface area contributed by atoms with E-state index in [2.05, 4.69) is 28.0 Å². The van der Waals surface area contributed by atoms with Crippen molar-refractivity contribution in [1.29, 1.82) is 0 Å². The molecule has 2 aromatic rings. The Labute approximate surface area is 126 Å². The molecular weight excluding hydrogens is 320 g/mol. The molecule has 2 rings (SSSR count). The summed E-state index contributed by atoms with van der Waals surface area (Å²) in [6.45, 7) is 7.17. The van der Waals surface area contributed by atoms with Gasteiger partial charge in [-0.05, 0) is 41.8 Å². The van der Waals surface area contributed by atoms with Crippen LogP contribution in [0.5, 0.6) is 0 Å². The first kappa shape index (κ1) is 14.8. The predicted octanol–water partition coefficient (Wildman–Crippen LogP) is 2.33. The molecule has 0 saturated carbocycles. The summed E-state index contributed by atoms with van der Waals surface area (Å²) >= 11 is 3.59. The van der Waals surface area contributed by atoms with Crippen molar-refractivity contribution in [2.75, 3.05) is 5.73 Å². The van der Waals surface area contributed by atoms with Crippen LogP contribution in [0, 0.1) is 6.92 Å². The van der Waals surface area contributed by atoms with Crippen LogP contribution in [0.2, 0.25) is 0 Å². The van der Waals surface area contributed by atoms with E-state index in [0.717, 1.165) is 34.4 Å². The van der Waals surface area contributed by atoms with Gasteiger partial charge in [0.25, 0.3) is 5.56 Å². The van der Waals surface area contributed by atoms with Gasteiger partial charge in [-0.2, -0.15) is 5.10 Å². The van der Waals surface area contributed by atoms with Crippen LogP contribution in [0.1, 0.15) is 30.8 Å². The number of rotatable bonds is 4. The molecule has 2 heterocycles. The molecule has 5 nitrogen and oxygen atoms in total. The van der Waals surface area contributed by atoms with Crippen molar-refractivity contribution in [2.45, 2.75) is 40.3 Å². The first-order chi connectivity index (χ1) is 9.47. The zero-order valence-electron chi connectivity index (χ0n) is 12.0. The molecule has 0 radical (unpaired) electrons. The van der Waals surface area contributed by atoms with Gasteiger partial charge in [-0.15, -0.1) is 0 Å². The number of aryl methyl sites for hydroxylation is 3. The van der Waals surface area contributed by atoms with Gasteiger partial charge in [-0.3, -0.25) is 9.48 Å². The number of nitrogens with zero attached hydrogens (tertiary/aromatic N) is 3. The Balaban J connectivity index is 2.47. The highest BCUT2D eigenvalue weighted by molar-refractivity contribution is 9.10. The number of nitrogen functional groups attached to an aromatic ring is 1. The molecule has 0 aliphatic heterocycles. The summed E-state index contributed by atoms with van der Waals surface area (Å²) in [4.78, 5) is 12.0. The summed E-state index contributed by atoms with van der Waals surface area (Å²) in [7, 11) is 0. The second-order valence-corrected chi connectivity index (χ2v) is 5.55. The standard InChI is InChI=1S/C14H19BrN4O/c1-4-11-14(15)12(19(5-2)17-11)8-18-7-10(16)9(3)6-13(18)20/h6-7H,4-5,8,16H2,1-3H3. The average molecular weight is 339 g/mol. The topological polar surface area (TPSA) is 65.8 Å². The lowest BCUT2D eigenvalue weighted by Gasteiger charge is -2.10. The minimum atomic E-state index is -0.0505. The Morgan fingerprint density at radius 2 is 2.10 bits per heavy atom. The van der Waals surface area contributed by atoms with Gasteiger partial charge in [0.05, 0.1) is 28.1 Å². The Morgan fingerprint density at radius 3 is 2.70 bits per heavy atom. The summed E-state index contributed by atoms with van der Waals surface area (Å²) in [5, 5.41) is 4.54. The number of pyridine rings is 1. The van der Waals surface area contributed by atoms with Crippen LogP contribution < -0.4 is 11.3 Å². The number of hydrogen-bond donors (Lipinski definition) is 1. The molecule has 0 unspecified atom stereocenters. The molecule has 0 spiro atoms. The van der Waals surface area contributed by atoms with E-state index in [-0.39, 0.29) is 5.56 Å². The van der Waals surface area contributed by atoms with Crippen LogP contribution in [0.4, 0.5) is 5.69 Å². The molecule has 0 bridgehead atoms. The van der Waals surface area contributed by atoms with E-state index in [1.807, 2.05) is 18.5 Å². The minimum Gasteiger partial charge on any atom is -0.397 e. The highest BCUT2D eigenvalue weighted by Gasteiger charge is 2.15. The molecule has 20 heavy (non-hydrogen) atoms. The second-order valence-electron chi connectivity index (χ2n) is 4.75. The summed E-state index contributed by atoms with van der Waals surface area (Å²) < 4.78 is 4.52. The van der Waals surface area contributed by atoms with Crippen LogP contribution >= 0.6 is 15.9 Å². The van der Waals surface area contributed by atoms with Crippen LogP contribution in [-0.2, 0) is 19.5 Å². The Morgan fingerprint density at radius 1 is 1.40 bits per heavy atom. The lowest BCUT2D eigenvalue weighted by molar-refractivity contribution is 0.589. The van der Waals surface area contributed by atoms with Crippen molar-refractivity contribution < 1.29 is 0 Å². The zero-order valence-corrected chi connectivity index (χ0v) is 13.6. The number of aromatic nitrogens is 3. The molecule has 0 saturated heterocycles. The van der Waals surface area contributed by atoms with E-state index < -0.39 is 0 Å². The van der Waals surface area contributed by atoms with E-state index >= 15 is 0 Å². The molecule has 0 aliphatic carbocycles. The lowest BCUT2D eigenvalue weighted by atomic mass is 10.2. The third-order valence-electron chi connectivity index (χ3n) is 3.39. The first-order valence-electron chi connectivity index (χ1n) is 6.68. The molecule has 2 N–H and O–H groups in total. The van der Waals surface area contributed by atoms with E-state index in [0.29, 0.717) is 12.2 Å². The van der Waals surface area contributed by atoms with Crippen molar-refractivity contribution >= 4 is 21.6 Å². The summed E-state index contributed by atoms with van der Waals surface area (Å²) in [5.41, 5.74) is 9.28. The molecular formula is C14H19BrN4O. The van der Waals surface area contributed by atoms with E-state index in [1.165, 1.54) is 0 Å². The van der Waals surface area contributed by atoms with Crippen LogP contribution in [0.15, 0.2) is 21.5 Å². The normalized spacial score (nSPS) is 11.0. The van der Waals surface area contributed by atoms with Gasteiger partial charge in [-0.25, -0.2) is 0 Å².